The summed E-state index contributed by atoms with van der Waals surface area (Å²) in [6.45, 7) is 9.78. The van der Waals surface area contributed by atoms with E-state index in [0.717, 1.165) is 29.5 Å². The lowest BCUT2D eigenvalue weighted by molar-refractivity contribution is -0.149. The molecule has 138 valence electrons. The molecule has 0 amide bonds. The van der Waals surface area contributed by atoms with Crippen molar-refractivity contribution in [2.75, 3.05) is 13.2 Å². The van der Waals surface area contributed by atoms with E-state index >= 15 is 0 Å². The van der Waals surface area contributed by atoms with Crippen LogP contribution >= 0.6 is 0 Å². The first kappa shape index (κ1) is 17.7. The fourth-order valence-corrected chi connectivity index (χ4v) is 4.32. The third kappa shape index (κ3) is 2.70. The van der Waals surface area contributed by atoms with E-state index in [4.69, 9.17) is 9.47 Å². The maximum atomic E-state index is 11.7. The lowest BCUT2D eigenvalue weighted by Gasteiger charge is -2.43. The van der Waals surface area contributed by atoms with E-state index in [9.17, 15) is 5.11 Å². The van der Waals surface area contributed by atoms with Crippen LogP contribution < -0.4 is 0 Å². The maximum Gasteiger partial charge on any atom is 0.192 e. The maximum absolute atomic E-state index is 11.7. The Hall–Kier alpha value is -1.68. The standard InChI is InChI=1S/C23H28O3/c1-16-5-7-17(8-6-16)23(24)12-11-21(2,3)20-15-18(9-10-19(20)23)22(4)25-13-14-26-22/h5-10,15,24H,11-14H2,1-4H3. The fraction of sp³-hybridized carbons (Fsp3) is 0.478. The van der Waals surface area contributed by atoms with Gasteiger partial charge in [-0.1, -0.05) is 55.8 Å². The third-order valence-corrected chi connectivity index (χ3v) is 6.20. The second kappa shape index (κ2) is 5.91. The molecule has 0 spiro atoms. The Morgan fingerprint density at radius 3 is 2.08 bits per heavy atom. The van der Waals surface area contributed by atoms with Crippen LogP contribution in [0.3, 0.4) is 0 Å². The van der Waals surface area contributed by atoms with Gasteiger partial charge in [0.25, 0.3) is 0 Å². The molecule has 2 aromatic rings. The summed E-state index contributed by atoms with van der Waals surface area (Å²) in [5.41, 5.74) is 4.43. The normalized spacial score (nSPS) is 26.5. The monoisotopic (exact) mass is 352 g/mol. The van der Waals surface area contributed by atoms with E-state index in [2.05, 4.69) is 57.2 Å². The molecule has 1 saturated heterocycles. The molecular weight excluding hydrogens is 324 g/mol. The van der Waals surface area contributed by atoms with Gasteiger partial charge in [0.05, 0.1) is 13.2 Å². The van der Waals surface area contributed by atoms with Crippen LogP contribution in [0.5, 0.6) is 0 Å². The molecule has 1 unspecified atom stereocenters. The molecule has 3 nitrogen and oxygen atoms in total. The zero-order valence-electron chi connectivity index (χ0n) is 16.1. The lowest BCUT2D eigenvalue weighted by Crippen LogP contribution is -2.39. The van der Waals surface area contributed by atoms with Gasteiger partial charge in [-0.2, -0.15) is 0 Å². The lowest BCUT2D eigenvalue weighted by atomic mass is 9.64. The second-order valence-electron chi connectivity index (χ2n) is 8.51. The molecule has 0 bridgehead atoms. The van der Waals surface area contributed by atoms with Crippen molar-refractivity contribution in [3.63, 3.8) is 0 Å². The first-order valence-electron chi connectivity index (χ1n) is 9.48. The Balaban J connectivity index is 1.85. The van der Waals surface area contributed by atoms with Crippen molar-refractivity contribution in [2.45, 2.75) is 57.3 Å². The predicted molar refractivity (Wildman–Crippen MR) is 102 cm³/mol. The highest BCUT2D eigenvalue weighted by molar-refractivity contribution is 5.49. The van der Waals surface area contributed by atoms with E-state index in [0.29, 0.717) is 13.2 Å². The fourth-order valence-electron chi connectivity index (χ4n) is 4.32. The van der Waals surface area contributed by atoms with Gasteiger partial charge in [-0.15, -0.1) is 0 Å². The summed E-state index contributed by atoms with van der Waals surface area (Å²) >= 11 is 0. The number of ether oxygens (including phenoxy) is 2. The van der Waals surface area contributed by atoms with E-state index < -0.39 is 11.4 Å². The van der Waals surface area contributed by atoms with Gasteiger partial charge in [-0.25, -0.2) is 0 Å². The summed E-state index contributed by atoms with van der Waals surface area (Å²) in [5, 5.41) is 11.7. The van der Waals surface area contributed by atoms with E-state index in [1.54, 1.807) is 0 Å². The molecule has 1 aliphatic heterocycles. The molecule has 2 aliphatic rings. The van der Waals surface area contributed by atoms with Crippen LogP contribution in [-0.2, 0) is 26.3 Å². The van der Waals surface area contributed by atoms with Crippen LogP contribution in [0.25, 0.3) is 0 Å². The summed E-state index contributed by atoms with van der Waals surface area (Å²) in [6.07, 6.45) is 1.64. The van der Waals surface area contributed by atoms with Gasteiger partial charge < -0.3 is 14.6 Å². The van der Waals surface area contributed by atoms with Crippen molar-refractivity contribution >= 4 is 0 Å². The minimum Gasteiger partial charge on any atom is -0.380 e. The Morgan fingerprint density at radius 1 is 0.808 bits per heavy atom. The molecule has 1 atom stereocenters. The zero-order chi connectivity index (χ0) is 18.6. The van der Waals surface area contributed by atoms with Crippen molar-refractivity contribution in [3.05, 3.63) is 70.3 Å². The average Bonchev–Trinajstić information content (AvgIpc) is 3.07. The molecule has 2 aromatic carbocycles. The van der Waals surface area contributed by atoms with Crippen LogP contribution in [0, 0.1) is 6.92 Å². The van der Waals surface area contributed by atoms with Gasteiger partial charge in [0, 0.05) is 5.56 Å². The molecule has 1 fully saturated rings. The van der Waals surface area contributed by atoms with Crippen LogP contribution in [0.15, 0.2) is 42.5 Å². The number of hydrogen-bond acceptors (Lipinski definition) is 3. The topological polar surface area (TPSA) is 38.7 Å². The van der Waals surface area contributed by atoms with E-state index in [1.165, 1.54) is 11.1 Å². The SMILES string of the molecule is Cc1ccc(C2(O)CCC(C)(C)c3cc(C4(C)OCCO4)ccc32)cc1. The Bertz CT molecular complexity index is 816. The van der Waals surface area contributed by atoms with Crippen LogP contribution in [0.1, 0.15) is 61.4 Å². The van der Waals surface area contributed by atoms with Gasteiger partial charge in [0.1, 0.15) is 5.60 Å². The summed E-state index contributed by atoms with van der Waals surface area (Å²) in [4.78, 5) is 0. The van der Waals surface area contributed by atoms with E-state index in [-0.39, 0.29) is 5.41 Å². The number of aryl methyl sites for hydroxylation is 1. The summed E-state index contributed by atoms with van der Waals surface area (Å²) < 4.78 is 11.7. The largest absolute Gasteiger partial charge is 0.380 e. The van der Waals surface area contributed by atoms with Crippen LogP contribution in [-0.4, -0.2) is 18.3 Å². The number of benzene rings is 2. The summed E-state index contributed by atoms with van der Waals surface area (Å²) in [7, 11) is 0. The van der Waals surface area contributed by atoms with Crippen LogP contribution in [0.4, 0.5) is 0 Å². The molecule has 4 rings (SSSR count). The minimum absolute atomic E-state index is 0.00274. The number of hydrogen-bond donors (Lipinski definition) is 1. The molecule has 3 heteroatoms. The molecule has 0 saturated carbocycles. The first-order valence-corrected chi connectivity index (χ1v) is 9.48. The highest BCUT2D eigenvalue weighted by atomic mass is 16.7. The molecule has 1 N–H and O–H groups in total. The van der Waals surface area contributed by atoms with Crippen molar-refractivity contribution in [1.82, 2.24) is 0 Å². The molecule has 0 aromatic heterocycles. The smallest absolute Gasteiger partial charge is 0.192 e. The molecule has 0 radical (unpaired) electrons. The first-order chi connectivity index (χ1) is 12.2. The molecular formula is C23H28O3. The number of rotatable bonds is 2. The van der Waals surface area contributed by atoms with Crippen molar-refractivity contribution in [2.24, 2.45) is 0 Å². The number of aliphatic hydroxyl groups is 1. The van der Waals surface area contributed by atoms with E-state index in [1.807, 2.05) is 13.0 Å². The summed E-state index contributed by atoms with van der Waals surface area (Å²) in [5.74, 6) is -0.690. The van der Waals surface area contributed by atoms with Gasteiger partial charge >= 0.3 is 0 Å². The van der Waals surface area contributed by atoms with Crippen molar-refractivity contribution in [3.8, 4) is 0 Å². The quantitative estimate of drug-likeness (QED) is 0.863. The Labute approximate surface area is 156 Å². The highest BCUT2D eigenvalue weighted by Crippen LogP contribution is 2.49. The van der Waals surface area contributed by atoms with Gasteiger partial charge in [-0.05, 0) is 54.9 Å². The molecule has 1 aliphatic carbocycles. The van der Waals surface area contributed by atoms with Gasteiger partial charge in [0.2, 0.25) is 0 Å². The predicted octanol–water partition coefficient (Wildman–Crippen LogP) is 4.52. The Kier molecular flexibility index (Phi) is 4.03. The Morgan fingerprint density at radius 2 is 1.42 bits per heavy atom. The van der Waals surface area contributed by atoms with Crippen molar-refractivity contribution < 1.29 is 14.6 Å². The molecule has 1 heterocycles. The van der Waals surface area contributed by atoms with Crippen molar-refractivity contribution in [1.29, 1.82) is 0 Å². The molecule has 26 heavy (non-hydrogen) atoms. The highest BCUT2D eigenvalue weighted by Gasteiger charge is 2.44. The minimum atomic E-state index is -0.949. The van der Waals surface area contributed by atoms with Gasteiger partial charge in [0.15, 0.2) is 5.79 Å². The van der Waals surface area contributed by atoms with Crippen LogP contribution in [0.2, 0.25) is 0 Å². The average molecular weight is 352 g/mol. The number of fused-ring (bicyclic) bond motifs is 1. The second-order valence-corrected chi connectivity index (χ2v) is 8.51. The summed E-state index contributed by atoms with van der Waals surface area (Å²) in [6, 6.07) is 14.5. The zero-order valence-corrected chi connectivity index (χ0v) is 16.1. The van der Waals surface area contributed by atoms with Gasteiger partial charge in [-0.3, -0.25) is 0 Å². The third-order valence-electron chi connectivity index (χ3n) is 6.20.